The Balaban J connectivity index is 3.35. The minimum atomic E-state index is -0.237. The van der Waals surface area contributed by atoms with Crippen LogP contribution in [0.2, 0.25) is 0 Å². The smallest absolute Gasteiger partial charge is 0.0944 e. The van der Waals surface area contributed by atoms with Crippen molar-refractivity contribution in [1.29, 1.82) is 0 Å². The van der Waals surface area contributed by atoms with Crippen LogP contribution in [-0.2, 0) is 0 Å². The number of nitrogens with two attached hydrogens (primary N) is 2. The van der Waals surface area contributed by atoms with Gasteiger partial charge in [-0.25, -0.2) is 0 Å². The normalized spacial score (nSPS) is 19.0. The zero-order valence-corrected chi connectivity index (χ0v) is 20.3. The van der Waals surface area contributed by atoms with E-state index in [4.69, 9.17) is 11.5 Å². The fourth-order valence-corrected chi connectivity index (χ4v) is 3.05. The van der Waals surface area contributed by atoms with Gasteiger partial charge in [-0.05, 0) is 88.7 Å². The van der Waals surface area contributed by atoms with Gasteiger partial charge in [0.05, 0.1) is 6.17 Å². The van der Waals surface area contributed by atoms with E-state index in [0.29, 0.717) is 6.04 Å². The fraction of sp³-hybridized carbons (Fsp3) is 0.577. The summed E-state index contributed by atoms with van der Waals surface area (Å²) in [5.41, 5.74) is 19.8. The van der Waals surface area contributed by atoms with Gasteiger partial charge in [0.2, 0.25) is 0 Å². The Kier molecular flexibility index (Phi) is 11.5. The van der Waals surface area contributed by atoms with Crippen LogP contribution in [0, 0.1) is 0 Å². The van der Waals surface area contributed by atoms with E-state index < -0.39 is 0 Å². The van der Waals surface area contributed by atoms with Crippen LogP contribution in [0.5, 0.6) is 0 Å². The number of allylic oxidation sites excluding steroid dienone is 7. The first-order valence-corrected chi connectivity index (χ1v) is 11.5. The molecule has 0 radical (unpaired) electrons. The number of rotatable bonds is 12. The van der Waals surface area contributed by atoms with E-state index >= 15 is 0 Å². The van der Waals surface area contributed by atoms with Gasteiger partial charge in [0.25, 0.3) is 0 Å². The van der Waals surface area contributed by atoms with Gasteiger partial charge in [-0.2, -0.15) is 0 Å². The molecular formula is C26H44N4. The van der Waals surface area contributed by atoms with Crippen LogP contribution in [0.3, 0.4) is 0 Å². The van der Waals surface area contributed by atoms with E-state index in [2.05, 4.69) is 62.3 Å². The topological polar surface area (TPSA) is 76.4 Å². The molecule has 0 bridgehead atoms. The maximum Gasteiger partial charge on any atom is 0.0944 e. The van der Waals surface area contributed by atoms with Gasteiger partial charge in [-0.3, -0.25) is 4.99 Å². The standard InChI is InChI=1S/C26H44N4/c1-8-10-12-14-25(30-24-15-16-24)19(4)18(3)17-23(13-11-9-2)26(28)20(5)21(6)29-22(7)27/h11,13-14,17,22,24,30H,8-10,12,15-16,27-28H2,1-7H3/b13-11-,19-18+,23-17+,25-14-,26-20?,29-21?. The molecule has 4 nitrogen and oxygen atoms in total. The van der Waals surface area contributed by atoms with Crippen LogP contribution in [0.4, 0.5) is 0 Å². The van der Waals surface area contributed by atoms with Crippen LogP contribution in [0.15, 0.2) is 63.0 Å². The number of nitrogens with one attached hydrogen (secondary N) is 1. The first-order chi connectivity index (χ1) is 14.2. The SMILES string of the molecule is CC\C=C/C(=C\C(C)=C(C)\C(=C\CCCC)NC1CC1)C(N)=C(C)C(C)=NC(C)N. The molecule has 1 unspecified atom stereocenters. The predicted molar refractivity (Wildman–Crippen MR) is 133 cm³/mol. The van der Waals surface area contributed by atoms with Crippen molar-refractivity contribution in [2.75, 3.05) is 0 Å². The second-order valence-electron chi connectivity index (χ2n) is 8.39. The average molecular weight is 413 g/mol. The summed E-state index contributed by atoms with van der Waals surface area (Å²) in [5, 5.41) is 3.72. The van der Waals surface area contributed by atoms with Gasteiger partial charge < -0.3 is 16.8 Å². The van der Waals surface area contributed by atoms with E-state index in [1.807, 2.05) is 20.8 Å². The molecule has 0 aromatic rings. The molecule has 1 aliphatic rings. The highest BCUT2D eigenvalue weighted by atomic mass is 15.0. The lowest BCUT2D eigenvalue weighted by Crippen LogP contribution is -2.17. The Bertz CT molecular complexity index is 741. The lowest BCUT2D eigenvalue weighted by Gasteiger charge is -2.15. The van der Waals surface area contributed by atoms with Crippen molar-refractivity contribution in [2.45, 2.75) is 99.2 Å². The number of aliphatic imine (C=N–C) groups is 1. The molecule has 5 N–H and O–H groups in total. The third kappa shape index (κ3) is 9.17. The van der Waals surface area contributed by atoms with Gasteiger partial charge in [0.1, 0.15) is 0 Å². The number of hydrogen-bond donors (Lipinski definition) is 3. The summed E-state index contributed by atoms with van der Waals surface area (Å²) in [4.78, 5) is 4.46. The quantitative estimate of drug-likeness (QED) is 0.208. The Morgan fingerprint density at radius 3 is 2.33 bits per heavy atom. The molecule has 0 amide bonds. The van der Waals surface area contributed by atoms with Crippen LogP contribution < -0.4 is 16.8 Å². The van der Waals surface area contributed by atoms with Gasteiger partial charge in [-0.1, -0.05) is 44.9 Å². The van der Waals surface area contributed by atoms with Gasteiger partial charge in [0, 0.05) is 23.1 Å². The summed E-state index contributed by atoms with van der Waals surface area (Å²) < 4.78 is 0. The van der Waals surface area contributed by atoms with Crippen molar-refractivity contribution < 1.29 is 0 Å². The van der Waals surface area contributed by atoms with Crippen molar-refractivity contribution in [1.82, 2.24) is 5.32 Å². The Morgan fingerprint density at radius 2 is 1.80 bits per heavy atom. The summed E-state index contributed by atoms with van der Waals surface area (Å²) >= 11 is 0. The first kappa shape index (κ1) is 26.0. The second kappa shape index (κ2) is 13.3. The highest BCUT2D eigenvalue weighted by Gasteiger charge is 2.22. The Hall–Kier alpha value is -2.07. The molecular weight excluding hydrogens is 368 g/mol. The molecule has 0 aliphatic heterocycles. The lowest BCUT2D eigenvalue weighted by molar-refractivity contribution is 0.773. The van der Waals surface area contributed by atoms with Crippen molar-refractivity contribution in [3.63, 3.8) is 0 Å². The molecule has 1 aliphatic carbocycles. The molecule has 0 spiro atoms. The molecule has 0 aromatic carbocycles. The van der Waals surface area contributed by atoms with E-state index in [0.717, 1.165) is 35.4 Å². The number of unbranched alkanes of at least 4 members (excludes halogenated alkanes) is 2. The zero-order valence-electron chi connectivity index (χ0n) is 20.3. The molecule has 1 fully saturated rings. The third-order valence-corrected chi connectivity index (χ3v) is 5.40. The maximum atomic E-state index is 6.58. The van der Waals surface area contributed by atoms with E-state index in [1.165, 1.54) is 42.5 Å². The van der Waals surface area contributed by atoms with Crippen molar-refractivity contribution in [3.05, 3.63) is 58.0 Å². The summed E-state index contributed by atoms with van der Waals surface area (Å²) in [6, 6.07) is 0.633. The average Bonchev–Trinajstić information content (AvgIpc) is 3.52. The molecule has 4 heteroatoms. The molecule has 0 aromatic heterocycles. The molecule has 1 rings (SSSR count). The molecule has 0 heterocycles. The fourth-order valence-electron chi connectivity index (χ4n) is 3.05. The zero-order chi connectivity index (χ0) is 22.7. The molecule has 168 valence electrons. The molecule has 30 heavy (non-hydrogen) atoms. The van der Waals surface area contributed by atoms with Crippen LogP contribution in [-0.4, -0.2) is 17.9 Å². The van der Waals surface area contributed by atoms with Gasteiger partial charge in [-0.15, -0.1) is 0 Å². The second-order valence-corrected chi connectivity index (χ2v) is 8.39. The summed E-state index contributed by atoms with van der Waals surface area (Å²) in [5.74, 6) is 0. The predicted octanol–water partition coefficient (Wildman–Crippen LogP) is 6.04. The number of nitrogens with zero attached hydrogens (tertiary/aromatic N) is 1. The van der Waals surface area contributed by atoms with E-state index in [1.54, 1.807) is 0 Å². The number of hydrogen-bond acceptors (Lipinski definition) is 4. The van der Waals surface area contributed by atoms with Crippen LogP contribution in [0.25, 0.3) is 0 Å². The molecule has 1 atom stereocenters. The van der Waals surface area contributed by atoms with E-state index in [-0.39, 0.29) is 6.17 Å². The molecule has 0 saturated heterocycles. The minimum absolute atomic E-state index is 0.237. The monoisotopic (exact) mass is 412 g/mol. The van der Waals surface area contributed by atoms with Crippen molar-refractivity contribution >= 4 is 5.71 Å². The Labute approximate surface area is 185 Å². The van der Waals surface area contributed by atoms with Gasteiger partial charge >= 0.3 is 0 Å². The van der Waals surface area contributed by atoms with Crippen LogP contribution >= 0.6 is 0 Å². The lowest BCUT2D eigenvalue weighted by atomic mass is 9.99. The van der Waals surface area contributed by atoms with E-state index in [9.17, 15) is 0 Å². The maximum absolute atomic E-state index is 6.58. The summed E-state index contributed by atoms with van der Waals surface area (Å²) in [6.07, 6.45) is 15.6. The van der Waals surface area contributed by atoms with Crippen molar-refractivity contribution in [3.8, 4) is 0 Å². The summed E-state index contributed by atoms with van der Waals surface area (Å²) in [7, 11) is 0. The highest BCUT2D eigenvalue weighted by molar-refractivity contribution is 5.99. The summed E-state index contributed by atoms with van der Waals surface area (Å²) in [6.45, 7) is 14.6. The molecule has 1 saturated carbocycles. The highest BCUT2D eigenvalue weighted by Crippen LogP contribution is 2.25. The minimum Gasteiger partial charge on any atom is -0.398 e. The first-order valence-electron chi connectivity index (χ1n) is 11.5. The van der Waals surface area contributed by atoms with Crippen molar-refractivity contribution in [2.24, 2.45) is 16.5 Å². The third-order valence-electron chi connectivity index (χ3n) is 5.40. The van der Waals surface area contributed by atoms with Crippen LogP contribution in [0.1, 0.15) is 87.0 Å². The van der Waals surface area contributed by atoms with Gasteiger partial charge in [0.15, 0.2) is 0 Å². The Morgan fingerprint density at radius 1 is 1.13 bits per heavy atom. The largest absolute Gasteiger partial charge is 0.398 e.